The number of alkyl halides is 1. The molecule has 1 atom stereocenters. The predicted molar refractivity (Wildman–Crippen MR) is 72.0 cm³/mol. The molecule has 6 nitrogen and oxygen atoms in total. The molecule has 2 amide bonds. The molecule has 1 aromatic carbocycles. The van der Waals surface area contributed by atoms with Crippen molar-refractivity contribution < 1.29 is 23.9 Å². The molecule has 0 bridgehead atoms. The second-order valence-electron chi connectivity index (χ2n) is 3.81. The maximum Gasteiger partial charge on any atom is 0.328 e. The van der Waals surface area contributed by atoms with Crippen LogP contribution in [-0.2, 0) is 9.59 Å². The molecular formula is C12H12BrFN2O4. The van der Waals surface area contributed by atoms with Crippen molar-refractivity contribution in [2.45, 2.75) is 6.04 Å². The molecule has 0 aliphatic carbocycles. The summed E-state index contributed by atoms with van der Waals surface area (Å²) < 4.78 is 13.0. The van der Waals surface area contributed by atoms with Crippen LogP contribution in [0.5, 0.6) is 0 Å². The van der Waals surface area contributed by atoms with Crippen molar-refractivity contribution in [2.24, 2.45) is 0 Å². The summed E-state index contributed by atoms with van der Waals surface area (Å²) in [4.78, 5) is 33.6. The molecule has 0 radical (unpaired) electrons. The van der Waals surface area contributed by atoms with Gasteiger partial charge in [-0.15, -0.1) is 0 Å². The van der Waals surface area contributed by atoms with E-state index >= 15 is 0 Å². The van der Waals surface area contributed by atoms with Gasteiger partial charge in [-0.1, -0.05) is 22.0 Å². The van der Waals surface area contributed by atoms with Crippen molar-refractivity contribution in [1.82, 2.24) is 10.6 Å². The van der Waals surface area contributed by atoms with Gasteiger partial charge >= 0.3 is 5.97 Å². The molecule has 1 unspecified atom stereocenters. The van der Waals surface area contributed by atoms with Crippen molar-refractivity contribution >= 4 is 33.7 Å². The normalized spacial score (nSPS) is 11.5. The number of carbonyl (C=O) groups is 3. The number of halogens is 2. The van der Waals surface area contributed by atoms with Gasteiger partial charge in [0.2, 0.25) is 5.91 Å². The topological polar surface area (TPSA) is 95.5 Å². The highest BCUT2D eigenvalue weighted by molar-refractivity contribution is 9.10. The standard InChI is InChI=1S/C12H12BrFN2O4/c13-8-3-1-2-7(4-8)11(18)15-6-10(17)16-9(5-14)12(19)20/h1-4,9H,5-6H2,(H,15,18)(H,16,17)(H,19,20). The summed E-state index contributed by atoms with van der Waals surface area (Å²) in [6.07, 6.45) is 0. The molecule has 1 aromatic rings. The molecule has 0 saturated heterocycles. The van der Waals surface area contributed by atoms with Crippen LogP contribution in [0.4, 0.5) is 4.39 Å². The maximum absolute atomic E-state index is 12.3. The molecule has 108 valence electrons. The van der Waals surface area contributed by atoms with E-state index in [1.807, 2.05) is 5.32 Å². The minimum Gasteiger partial charge on any atom is -0.480 e. The number of aliphatic carboxylic acids is 1. The lowest BCUT2D eigenvalue weighted by molar-refractivity contribution is -0.142. The Hall–Kier alpha value is -1.96. The number of amides is 2. The van der Waals surface area contributed by atoms with Gasteiger partial charge in [-0.05, 0) is 18.2 Å². The Kier molecular flexibility index (Phi) is 6.10. The average Bonchev–Trinajstić information content (AvgIpc) is 2.41. The van der Waals surface area contributed by atoms with E-state index in [0.29, 0.717) is 10.0 Å². The fourth-order valence-corrected chi connectivity index (χ4v) is 1.70. The summed E-state index contributed by atoms with van der Waals surface area (Å²) >= 11 is 3.20. The van der Waals surface area contributed by atoms with Gasteiger partial charge in [0, 0.05) is 10.0 Å². The molecule has 0 fully saturated rings. The zero-order valence-corrected chi connectivity index (χ0v) is 11.8. The van der Waals surface area contributed by atoms with Gasteiger partial charge < -0.3 is 15.7 Å². The lowest BCUT2D eigenvalue weighted by Gasteiger charge is -2.11. The number of hydrogen-bond donors (Lipinski definition) is 3. The van der Waals surface area contributed by atoms with Crippen LogP contribution in [-0.4, -0.2) is 42.2 Å². The zero-order valence-electron chi connectivity index (χ0n) is 10.2. The van der Waals surface area contributed by atoms with Crippen LogP contribution in [0.1, 0.15) is 10.4 Å². The lowest BCUT2D eigenvalue weighted by Crippen LogP contribution is -2.46. The van der Waals surface area contributed by atoms with E-state index < -0.39 is 37.0 Å². The number of carboxylic acid groups (broad SMARTS) is 1. The van der Waals surface area contributed by atoms with E-state index in [-0.39, 0.29) is 0 Å². The summed E-state index contributed by atoms with van der Waals surface area (Å²) in [5.41, 5.74) is 0.340. The van der Waals surface area contributed by atoms with Gasteiger partial charge in [-0.2, -0.15) is 0 Å². The number of hydrogen-bond acceptors (Lipinski definition) is 3. The third-order valence-corrected chi connectivity index (χ3v) is 2.78. The van der Waals surface area contributed by atoms with Crippen molar-refractivity contribution in [3.8, 4) is 0 Å². The van der Waals surface area contributed by atoms with E-state index in [0.717, 1.165) is 0 Å². The quantitative estimate of drug-likeness (QED) is 0.707. The van der Waals surface area contributed by atoms with Gasteiger partial charge in [0.15, 0.2) is 6.04 Å². The zero-order chi connectivity index (χ0) is 15.1. The SMILES string of the molecule is O=C(CNC(=O)c1cccc(Br)c1)NC(CF)C(=O)O. The van der Waals surface area contributed by atoms with E-state index in [2.05, 4.69) is 21.2 Å². The Balaban J connectivity index is 2.49. The van der Waals surface area contributed by atoms with Crippen LogP contribution < -0.4 is 10.6 Å². The van der Waals surface area contributed by atoms with Crippen LogP contribution in [0.3, 0.4) is 0 Å². The highest BCUT2D eigenvalue weighted by Crippen LogP contribution is 2.11. The molecule has 3 N–H and O–H groups in total. The van der Waals surface area contributed by atoms with E-state index in [9.17, 15) is 18.8 Å². The molecule has 8 heteroatoms. The van der Waals surface area contributed by atoms with Crippen molar-refractivity contribution in [1.29, 1.82) is 0 Å². The van der Waals surface area contributed by atoms with Crippen LogP contribution >= 0.6 is 15.9 Å². The second kappa shape index (κ2) is 7.59. The molecule has 0 spiro atoms. The lowest BCUT2D eigenvalue weighted by atomic mass is 10.2. The van der Waals surface area contributed by atoms with Gasteiger partial charge in [0.05, 0.1) is 6.54 Å². The first-order valence-corrected chi connectivity index (χ1v) is 6.35. The van der Waals surface area contributed by atoms with Crippen molar-refractivity contribution in [2.75, 3.05) is 13.2 Å². The smallest absolute Gasteiger partial charge is 0.328 e. The Morgan fingerprint density at radius 3 is 2.60 bits per heavy atom. The first-order chi connectivity index (χ1) is 9.43. The van der Waals surface area contributed by atoms with Crippen molar-refractivity contribution in [3.63, 3.8) is 0 Å². The van der Waals surface area contributed by atoms with Gasteiger partial charge in [0.1, 0.15) is 6.67 Å². The summed E-state index contributed by atoms with van der Waals surface area (Å²) in [5, 5.41) is 12.8. The van der Waals surface area contributed by atoms with Crippen LogP contribution in [0, 0.1) is 0 Å². The summed E-state index contributed by atoms with van der Waals surface area (Å²) in [7, 11) is 0. The third kappa shape index (κ3) is 4.96. The first kappa shape index (κ1) is 16.1. The summed E-state index contributed by atoms with van der Waals surface area (Å²) in [5.74, 6) is -2.74. The Morgan fingerprint density at radius 1 is 1.35 bits per heavy atom. The number of rotatable bonds is 6. The first-order valence-electron chi connectivity index (χ1n) is 5.56. The average molecular weight is 347 g/mol. The minimum atomic E-state index is -1.61. The van der Waals surface area contributed by atoms with E-state index in [4.69, 9.17) is 5.11 Å². The summed E-state index contributed by atoms with van der Waals surface area (Å²) in [6, 6.07) is 4.91. The molecular weight excluding hydrogens is 335 g/mol. The van der Waals surface area contributed by atoms with Gasteiger partial charge in [-0.3, -0.25) is 9.59 Å². The fraction of sp³-hybridized carbons (Fsp3) is 0.250. The molecule has 0 heterocycles. The number of carbonyl (C=O) groups excluding carboxylic acids is 2. The van der Waals surface area contributed by atoms with E-state index in [1.54, 1.807) is 24.3 Å². The molecule has 1 rings (SSSR count). The fourth-order valence-electron chi connectivity index (χ4n) is 1.30. The highest BCUT2D eigenvalue weighted by atomic mass is 79.9. The molecule has 0 aromatic heterocycles. The Morgan fingerprint density at radius 2 is 2.05 bits per heavy atom. The minimum absolute atomic E-state index is 0.340. The maximum atomic E-state index is 12.3. The molecule has 0 saturated carbocycles. The van der Waals surface area contributed by atoms with Gasteiger partial charge in [-0.25, -0.2) is 9.18 Å². The van der Waals surface area contributed by atoms with Gasteiger partial charge in [0.25, 0.3) is 5.91 Å². The summed E-state index contributed by atoms with van der Waals surface area (Å²) in [6.45, 7) is -1.66. The van der Waals surface area contributed by atoms with Crippen LogP contribution in [0.25, 0.3) is 0 Å². The number of carboxylic acids is 1. The predicted octanol–water partition coefficient (Wildman–Crippen LogP) is 0.718. The van der Waals surface area contributed by atoms with Crippen LogP contribution in [0.2, 0.25) is 0 Å². The number of nitrogens with one attached hydrogen (secondary N) is 2. The Bertz CT molecular complexity index is 524. The molecule has 20 heavy (non-hydrogen) atoms. The molecule has 0 aliphatic rings. The third-order valence-electron chi connectivity index (χ3n) is 2.28. The monoisotopic (exact) mass is 346 g/mol. The Labute approximate surface area is 122 Å². The largest absolute Gasteiger partial charge is 0.480 e. The second-order valence-corrected chi connectivity index (χ2v) is 4.72. The van der Waals surface area contributed by atoms with E-state index in [1.165, 1.54) is 0 Å². The van der Waals surface area contributed by atoms with Crippen molar-refractivity contribution in [3.05, 3.63) is 34.3 Å². The highest BCUT2D eigenvalue weighted by Gasteiger charge is 2.19. The molecule has 0 aliphatic heterocycles. The van der Waals surface area contributed by atoms with Crippen LogP contribution in [0.15, 0.2) is 28.7 Å². The number of benzene rings is 1.